The molecular weight excluding hydrogens is 318 g/mol. The van der Waals surface area contributed by atoms with Crippen LogP contribution >= 0.6 is 23.1 Å². The van der Waals surface area contributed by atoms with Gasteiger partial charge in [0.15, 0.2) is 5.65 Å². The fourth-order valence-electron chi connectivity index (χ4n) is 2.06. The molecule has 0 aliphatic rings. The minimum Gasteiger partial charge on any atom is -0.440 e. The maximum atomic E-state index is 5.75. The number of aromatic nitrogens is 5. The summed E-state index contributed by atoms with van der Waals surface area (Å²) in [6, 6.07) is 4.00. The van der Waals surface area contributed by atoms with Crippen LogP contribution in [0, 0.1) is 6.92 Å². The number of imidazole rings is 1. The van der Waals surface area contributed by atoms with Crippen LogP contribution in [-0.2, 0) is 5.75 Å². The summed E-state index contributed by atoms with van der Waals surface area (Å²) >= 11 is 3.21. The first-order chi connectivity index (χ1) is 10.8. The van der Waals surface area contributed by atoms with Crippen molar-refractivity contribution in [1.29, 1.82) is 0 Å². The number of fused-ring (bicyclic) bond motifs is 1. The Kier molecular flexibility index (Phi) is 3.39. The smallest absolute Gasteiger partial charge is 0.236 e. The van der Waals surface area contributed by atoms with Crippen molar-refractivity contribution in [3.05, 3.63) is 41.6 Å². The molecular formula is C14H11N5OS2. The maximum absolute atomic E-state index is 5.75. The molecule has 110 valence electrons. The van der Waals surface area contributed by atoms with Crippen LogP contribution in [-0.4, -0.2) is 24.9 Å². The molecule has 0 aliphatic carbocycles. The largest absolute Gasteiger partial charge is 0.440 e. The van der Waals surface area contributed by atoms with Gasteiger partial charge < -0.3 is 9.40 Å². The van der Waals surface area contributed by atoms with E-state index in [1.807, 2.05) is 24.4 Å². The number of rotatable bonds is 4. The van der Waals surface area contributed by atoms with E-state index in [1.54, 1.807) is 29.4 Å². The van der Waals surface area contributed by atoms with E-state index in [4.69, 9.17) is 4.42 Å². The van der Waals surface area contributed by atoms with Gasteiger partial charge in [-0.25, -0.2) is 19.9 Å². The molecule has 8 heteroatoms. The number of aromatic amines is 1. The van der Waals surface area contributed by atoms with Crippen LogP contribution in [0.5, 0.6) is 0 Å². The number of nitrogens with one attached hydrogen (secondary N) is 1. The molecule has 4 aromatic heterocycles. The third-order valence-electron chi connectivity index (χ3n) is 3.16. The number of aryl methyl sites for hydroxylation is 1. The fraction of sp³-hybridized carbons (Fsp3) is 0.143. The monoisotopic (exact) mass is 329 g/mol. The van der Waals surface area contributed by atoms with E-state index in [9.17, 15) is 0 Å². The Morgan fingerprint density at radius 3 is 3.14 bits per heavy atom. The lowest BCUT2D eigenvalue weighted by Gasteiger charge is -1.99. The molecule has 0 fully saturated rings. The zero-order chi connectivity index (χ0) is 14.9. The first-order valence-electron chi connectivity index (χ1n) is 6.58. The summed E-state index contributed by atoms with van der Waals surface area (Å²) in [6.07, 6.45) is 3.15. The topological polar surface area (TPSA) is 80.5 Å². The van der Waals surface area contributed by atoms with E-state index in [-0.39, 0.29) is 0 Å². The SMILES string of the molecule is Cc1oc(-c2cccs2)nc1CSc1ncnc2nc[nH]c12. The number of oxazole rings is 1. The Morgan fingerprint density at radius 1 is 1.32 bits per heavy atom. The second-order valence-electron chi connectivity index (χ2n) is 4.57. The van der Waals surface area contributed by atoms with E-state index in [1.165, 1.54) is 6.33 Å². The minimum atomic E-state index is 0.675. The number of hydrogen-bond acceptors (Lipinski definition) is 7. The molecule has 0 amide bonds. The van der Waals surface area contributed by atoms with Gasteiger partial charge >= 0.3 is 0 Å². The molecule has 4 aromatic rings. The third-order valence-corrected chi connectivity index (χ3v) is 5.02. The summed E-state index contributed by atoms with van der Waals surface area (Å²) in [5, 5.41) is 2.88. The predicted octanol–water partition coefficient (Wildman–Crippen LogP) is 3.67. The van der Waals surface area contributed by atoms with Crippen LogP contribution in [0.3, 0.4) is 0 Å². The van der Waals surface area contributed by atoms with Crippen molar-refractivity contribution in [2.24, 2.45) is 0 Å². The van der Waals surface area contributed by atoms with Gasteiger partial charge in [-0.2, -0.15) is 0 Å². The average Bonchev–Trinajstić information content (AvgIpc) is 3.25. The van der Waals surface area contributed by atoms with Gasteiger partial charge in [0.25, 0.3) is 0 Å². The first kappa shape index (κ1) is 13.5. The number of nitrogens with zero attached hydrogens (tertiary/aromatic N) is 4. The van der Waals surface area contributed by atoms with Crippen LogP contribution in [0.4, 0.5) is 0 Å². The third kappa shape index (κ3) is 2.40. The minimum absolute atomic E-state index is 0.675. The molecule has 0 aromatic carbocycles. The number of thiophene rings is 1. The Balaban J connectivity index is 1.58. The Morgan fingerprint density at radius 2 is 2.27 bits per heavy atom. The van der Waals surface area contributed by atoms with Crippen LogP contribution in [0.2, 0.25) is 0 Å². The first-order valence-corrected chi connectivity index (χ1v) is 8.45. The lowest BCUT2D eigenvalue weighted by Crippen LogP contribution is -1.89. The van der Waals surface area contributed by atoms with Crippen molar-refractivity contribution in [3.63, 3.8) is 0 Å². The van der Waals surface area contributed by atoms with Crippen molar-refractivity contribution in [3.8, 4) is 10.8 Å². The van der Waals surface area contributed by atoms with Gasteiger partial charge in [0.1, 0.15) is 22.6 Å². The molecule has 0 bridgehead atoms. The van der Waals surface area contributed by atoms with Gasteiger partial charge in [-0.05, 0) is 18.4 Å². The highest BCUT2D eigenvalue weighted by Gasteiger charge is 2.14. The number of hydrogen-bond donors (Lipinski definition) is 1. The van der Waals surface area contributed by atoms with Gasteiger partial charge in [0.05, 0.1) is 16.9 Å². The Labute approximate surface area is 134 Å². The standard InChI is InChI=1S/C14H11N5OS2/c1-8-9(19-13(20-8)10-3-2-4-21-10)5-22-14-11-12(16-6-15-11)17-7-18-14/h2-4,6-7H,5H2,1H3,(H,15,16,17,18). The van der Waals surface area contributed by atoms with Crippen LogP contribution in [0.15, 0.2) is 39.6 Å². The second kappa shape index (κ2) is 5.54. The quantitative estimate of drug-likeness (QED) is 0.454. The second-order valence-corrected chi connectivity index (χ2v) is 6.48. The molecule has 1 N–H and O–H groups in total. The summed E-state index contributed by atoms with van der Waals surface area (Å²) in [6.45, 7) is 1.94. The van der Waals surface area contributed by atoms with Gasteiger partial charge in [-0.1, -0.05) is 17.8 Å². The molecule has 22 heavy (non-hydrogen) atoms. The highest BCUT2D eigenvalue weighted by atomic mass is 32.2. The summed E-state index contributed by atoms with van der Waals surface area (Å²) < 4.78 is 5.75. The molecule has 4 rings (SSSR count). The Hall–Kier alpha value is -2.19. The fourth-order valence-corrected chi connectivity index (χ4v) is 3.66. The van der Waals surface area contributed by atoms with Gasteiger partial charge in [-0.3, -0.25) is 0 Å². The molecule has 0 unspecified atom stereocenters. The number of thioether (sulfide) groups is 1. The van der Waals surface area contributed by atoms with E-state index < -0.39 is 0 Å². The zero-order valence-electron chi connectivity index (χ0n) is 11.6. The molecule has 6 nitrogen and oxygen atoms in total. The van der Waals surface area contributed by atoms with Gasteiger partial charge in [0, 0.05) is 5.75 Å². The van der Waals surface area contributed by atoms with E-state index in [0.29, 0.717) is 17.3 Å². The maximum Gasteiger partial charge on any atom is 0.236 e. The van der Waals surface area contributed by atoms with Crippen LogP contribution in [0.1, 0.15) is 11.5 Å². The van der Waals surface area contributed by atoms with Crippen LogP contribution < -0.4 is 0 Å². The summed E-state index contributed by atoms with van der Waals surface area (Å²) in [4.78, 5) is 21.2. The molecule has 0 aliphatic heterocycles. The van der Waals surface area contributed by atoms with E-state index in [2.05, 4.69) is 24.9 Å². The molecule has 0 spiro atoms. The molecule has 4 heterocycles. The summed E-state index contributed by atoms with van der Waals surface area (Å²) in [7, 11) is 0. The van der Waals surface area contributed by atoms with E-state index in [0.717, 1.165) is 26.9 Å². The normalized spacial score (nSPS) is 11.3. The molecule has 0 atom stereocenters. The molecule has 0 saturated carbocycles. The van der Waals surface area contributed by atoms with Crippen molar-refractivity contribution in [2.45, 2.75) is 17.7 Å². The summed E-state index contributed by atoms with van der Waals surface area (Å²) in [5.41, 5.74) is 2.46. The highest BCUT2D eigenvalue weighted by molar-refractivity contribution is 7.98. The lowest BCUT2D eigenvalue weighted by atomic mass is 10.4. The Bertz CT molecular complexity index is 913. The summed E-state index contributed by atoms with van der Waals surface area (Å²) in [5.74, 6) is 2.20. The van der Waals surface area contributed by atoms with Crippen LogP contribution in [0.25, 0.3) is 21.9 Å². The lowest BCUT2D eigenvalue weighted by molar-refractivity contribution is 0.542. The van der Waals surface area contributed by atoms with Crippen molar-refractivity contribution < 1.29 is 4.42 Å². The predicted molar refractivity (Wildman–Crippen MR) is 85.8 cm³/mol. The average molecular weight is 329 g/mol. The van der Waals surface area contributed by atoms with Gasteiger partial charge in [0.2, 0.25) is 5.89 Å². The van der Waals surface area contributed by atoms with Gasteiger partial charge in [-0.15, -0.1) is 11.3 Å². The molecule has 0 saturated heterocycles. The highest BCUT2D eigenvalue weighted by Crippen LogP contribution is 2.30. The van der Waals surface area contributed by atoms with Crippen molar-refractivity contribution in [2.75, 3.05) is 0 Å². The van der Waals surface area contributed by atoms with E-state index >= 15 is 0 Å². The van der Waals surface area contributed by atoms with Crippen molar-refractivity contribution >= 4 is 34.3 Å². The van der Waals surface area contributed by atoms with Crippen molar-refractivity contribution in [1.82, 2.24) is 24.9 Å². The number of H-pyrrole nitrogens is 1. The zero-order valence-corrected chi connectivity index (χ0v) is 13.2. The molecule has 0 radical (unpaired) electrons.